The van der Waals surface area contributed by atoms with E-state index in [9.17, 15) is 0 Å². The molecule has 0 bridgehead atoms. The highest BCUT2D eigenvalue weighted by Gasteiger charge is 2.36. The van der Waals surface area contributed by atoms with Gasteiger partial charge in [-0.1, -0.05) is 26.2 Å². The lowest BCUT2D eigenvalue weighted by atomic mass is 9.85. The van der Waals surface area contributed by atoms with E-state index in [1.54, 1.807) is 0 Å². The molecule has 2 rings (SSSR count). The maximum Gasteiger partial charge on any atom is 0.0727 e. The van der Waals surface area contributed by atoms with Crippen molar-refractivity contribution in [3.63, 3.8) is 0 Å². The van der Waals surface area contributed by atoms with Crippen LogP contribution in [-0.2, 0) is 12.1 Å². The highest BCUT2D eigenvalue weighted by Crippen LogP contribution is 2.38. The summed E-state index contributed by atoms with van der Waals surface area (Å²) in [6, 6.07) is 0. The van der Waals surface area contributed by atoms with Gasteiger partial charge in [-0.2, -0.15) is 5.10 Å². The molecule has 21 heavy (non-hydrogen) atoms. The highest BCUT2D eigenvalue weighted by atomic mass is 79.9. The lowest BCUT2D eigenvalue weighted by molar-refractivity contribution is 0.265. The van der Waals surface area contributed by atoms with Crippen LogP contribution in [-0.4, -0.2) is 41.9 Å². The lowest BCUT2D eigenvalue weighted by Gasteiger charge is -2.35. The van der Waals surface area contributed by atoms with Gasteiger partial charge in [0.15, 0.2) is 0 Å². The third-order valence-corrected chi connectivity index (χ3v) is 5.01. The molecule has 1 aromatic heterocycles. The summed E-state index contributed by atoms with van der Waals surface area (Å²) in [5.74, 6) is 0. The summed E-state index contributed by atoms with van der Waals surface area (Å²) in [7, 11) is 4.23. The van der Waals surface area contributed by atoms with Gasteiger partial charge < -0.3 is 10.2 Å². The number of hydrogen-bond acceptors (Lipinski definition) is 3. The molecule has 5 heteroatoms. The van der Waals surface area contributed by atoms with Crippen LogP contribution in [0, 0.1) is 0 Å². The first-order valence-electron chi connectivity index (χ1n) is 8.20. The average Bonchev–Trinajstić information content (AvgIpc) is 2.66. The monoisotopic (exact) mass is 356 g/mol. The second kappa shape index (κ2) is 7.75. The van der Waals surface area contributed by atoms with Crippen molar-refractivity contribution >= 4 is 15.9 Å². The van der Waals surface area contributed by atoms with Crippen LogP contribution in [0.15, 0.2) is 10.7 Å². The third-order valence-electron chi connectivity index (χ3n) is 4.43. The van der Waals surface area contributed by atoms with Crippen LogP contribution in [0.1, 0.15) is 51.1 Å². The molecule has 4 nitrogen and oxygen atoms in total. The van der Waals surface area contributed by atoms with Crippen LogP contribution in [0.5, 0.6) is 0 Å². The summed E-state index contributed by atoms with van der Waals surface area (Å²) in [4.78, 5) is 2.21. The van der Waals surface area contributed by atoms with Gasteiger partial charge in [0.1, 0.15) is 0 Å². The van der Waals surface area contributed by atoms with Crippen molar-refractivity contribution in [3.8, 4) is 0 Å². The number of halogens is 1. The Morgan fingerprint density at radius 3 is 2.90 bits per heavy atom. The predicted octanol–water partition coefficient (Wildman–Crippen LogP) is 3.37. The van der Waals surface area contributed by atoms with Gasteiger partial charge in [-0.15, -0.1) is 0 Å². The largest absolute Gasteiger partial charge is 0.308 e. The van der Waals surface area contributed by atoms with Crippen LogP contribution in [0.25, 0.3) is 0 Å². The maximum absolute atomic E-state index is 4.62. The van der Waals surface area contributed by atoms with Gasteiger partial charge in [0.2, 0.25) is 0 Å². The molecule has 0 radical (unpaired) electrons. The molecular weight excluding hydrogens is 328 g/mol. The Kier molecular flexibility index (Phi) is 6.26. The van der Waals surface area contributed by atoms with E-state index < -0.39 is 0 Å². The number of aromatic nitrogens is 2. The van der Waals surface area contributed by atoms with Crippen molar-refractivity contribution in [1.82, 2.24) is 20.0 Å². The highest BCUT2D eigenvalue weighted by molar-refractivity contribution is 9.10. The molecule has 1 aliphatic rings. The Bertz CT molecular complexity index is 433. The maximum atomic E-state index is 4.62. The zero-order chi connectivity index (χ0) is 15.3. The third kappa shape index (κ3) is 4.08. The van der Waals surface area contributed by atoms with E-state index in [-0.39, 0.29) is 5.54 Å². The van der Waals surface area contributed by atoms with Gasteiger partial charge in [0.05, 0.1) is 28.4 Å². The number of likely N-dealkylation sites (N-methyl/N-ethyl adjacent to an activating group) is 1. The molecule has 2 heterocycles. The molecule has 1 fully saturated rings. The SMILES string of the molecule is CCCC1(c2c(Br)cnn2CCN(C)C)CCCCCN1. The van der Waals surface area contributed by atoms with Crippen LogP contribution in [0.4, 0.5) is 0 Å². The van der Waals surface area contributed by atoms with E-state index in [1.165, 1.54) is 44.2 Å². The zero-order valence-corrected chi connectivity index (χ0v) is 15.2. The minimum Gasteiger partial charge on any atom is -0.308 e. The molecule has 0 aromatic carbocycles. The quantitative estimate of drug-likeness (QED) is 0.848. The Balaban J connectivity index is 2.32. The Morgan fingerprint density at radius 1 is 1.38 bits per heavy atom. The fourth-order valence-corrected chi connectivity index (χ4v) is 4.08. The van der Waals surface area contributed by atoms with Crippen LogP contribution >= 0.6 is 15.9 Å². The first-order chi connectivity index (χ1) is 10.1. The first-order valence-corrected chi connectivity index (χ1v) is 9.00. The average molecular weight is 357 g/mol. The van der Waals surface area contributed by atoms with E-state index in [1.807, 2.05) is 6.20 Å². The molecule has 0 amide bonds. The fraction of sp³-hybridized carbons (Fsp3) is 0.812. The predicted molar refractivity (Wildman–Crippen MR) is 91.5 cm³/mol. The molecule has 1 aliphatic heterocycles. The molecule has 0 aliphatic carbocycles. The summed E-state index contributed by atoms with van der Waals surface area (Å²) in [6.45, 7) is 5.36. The summed E-state index contributed by atoms with van der Waals surface area (Å²) in [5, 5.41) is 8.49. The van der Waals surface area contributed by atoms with E-state index in [4.69, 9.17) is 0 Å². The number of hydrogen-bond donors (Lipinski definition) is 1. The molecule has 0 spiro atoms. The second-order valence-electron chi connectivity index (χ2n) is 6.44. The van der Waals surface area contributed by atoms with Crippen molar-refractivity contribution in [2.75, 3.05) is 27.2 Å². The van der Waals surface area contributed by atoms with Crippen LogP contribution < -0.4 is 5.32 Å². The van der Waals surface area contributed by atoms with Crippen LogP contribution in [0.3, 0.4) is 0 Å². The minimum atomic E-state index is 0.0902. The molecule has 1 unspecified atom stereocenters. The van der Waals surface area contributed by atoms with Crippen molar-refractivity contribution in [3.05, 3.63) is 16.4 Å². The van der Waals surface area contributed by atoms with Crippen molar-refractivity contribution in [2.24, 2.45) is 0 Å². The van der Waals surface area contributed by atoms with Gasteiger partial charge in [0, 0.05) is 6.54 Å². The molecule has 1 aromatic rings. The number of nitrogens with zero attached hydrogens (tertiary/aromatic N) is 3. The molecule has 1 atom stereocenters. The molecule has 0 saturated carbocycles. The van der Waals surface area contributed by atoms with Gasteiger partial charge in [-0.3, -0.25) is 4.68 Å². The zero-order valence-electron chi connectivity index (χ0n) is 13.7. The smallest absolute Gasteiger partial charge is 0.0727 e. The molecule has 1 saturated heterocycles. The van der Waals surface area contributed by atoms with E-state index in [0.29, 0.717) is 0 Å². The van der Waals surface area contributed by atoms with Crippen molar-refractivity contribution in [1.29, 1.82) is 0 Å². The minimum absolute atomic E-state index is 0.0902. The summed E-state index contributed by atoms with van der Waals surface area (Å²) in [6.07, 6.45) is 9.48. The van der Waals surface area contributed by atoms with Crippen molar-refractivity contribution in [2.45, 2.75) is 57.5 Å². The van der Waals surface area contributed by atoms with Gasteiger partial charge in [0.25, 0.3) is 0 Å². The van der Waals surface area contributed by atoms with Gasteiger partial charge in [-0.05, 0) is 55.8 Å². The standard InChI is InChI=1S/C16H29BrN4/c1-4-8-16(9-6-5-7-10-18-16)15-14(17)13-19-21(15)12-11-20(2)3/h13,18H,4-12H2,1-3H3. The summed E-state index contributed by atoms with van der Waals surface area (Å²) < 4.78 is 3.36. The van der Waals surface area contributed by atoms with E-state index >= 15 is 0 Å². The van der Waals surface area contributed by atoms with E-state index in [2.05, 4.69) is 56.9 Å². The molecule has 120 valence electrons. The second-order valence-corrected chi connectivity index (χ2v) is 7.29. The first kappa shape index (κ1) is 17.0. The Morgan fingerprint density at radius 2 is 2.19 bits per heavy atom. The topological polar surface area (TPSA) is 33.1 Å². The molecule has 1 N–H and O–H groups in total. The Hall–Kier alpha value is -0.390. The normalized spacial score (nSPS) is 23.5. The van der Waals surface area contributed by atoms with Crippen molar-refractivity contribution < 1.29 is 0 Å². The fourth-order valence-electron chi connectivity index (χ4n) is 3.41. The van der Waals surface area contributed by atoms with Gasteiger partial charge >= 0.3 is 0 Å². The van der Waals surface area contributed by atoms with Gasteiger partial charge in [-0.25, -0.2) is 0 Å². The van der Waals surface area contributed by atoms with Crippen LogP contribution in [0.2, 0.25) is 0 Å². The van der Waals surface area contributed by atoms with E-state index in [0.717, 1.165) is 24.1 Å². The number of nitrogens with one attached hydrogen (secondary N) is 1. The lowest BCUT2D eigenvalue weighted by Crippen LogP contribution is -2.44. The summed E-state index contributed by atoms with van der Waals surface area (Å²) >= 11 is 3.75. The number of rotatable bonds is 6. The molecular formula is C16H29BrN4. The summed E-state index contributed by atoms with van der Waals surface area (Å²) in [5.41, 5.74) is 1.44. The Labute approximate surface area is 137 Å².